The van der Waals surface area contributed by atoms with Crippen LogP contribution >= 0.6 is 0 Å². The molecule has 28 heteroatoms. The van der Waals surface area contributed by atoms with Gasteiger partial charge in [-0.2, -0.15) is 0 Å². The summed E-state index contributed by atoms with van der Waals surface area (Å²) >= 11 is 0. The summed E-state index contributed by atoms with van der Waals surface area (Å²) in [7, 11) is 0. The van der Waals surface area contributed by atoms with Gasteiger partial charge in [-0.1, -0.05) is 59.3 Å². The van der Waals surface area contributed by atoms with Gasteiger partial charge in [0, 0.05) is 11.5 Å². The van der Waals surface area contributed by atoms with Crippen molar-refractivity contribution in [1.82, 2.24) is 0 Å². The second-order valence-electron chi connectivity index (χ2n) is 29.6. The normalized spacial score (nSPS) is 54.1. The zero-order valence-electron chi connectivity index (χ0n) is 53.3. The summed E-state index contributed by atoms with van der Waals surface area (Å²) in [6, 6.07) is 0. The molecule has 10 aliphatic rings. The predicted molar refractivity (Wildman–Crippen MR) is 308 cm³/mol. The number of aliphatic hydroxyl groups excluding tert-OH is 15. The second-order valence-corrected chi connectivity index (χ2v) is 29.6. The highest BCUT2D eigenvalue weighted by atomic mass is 16.8. The van der Waals surface area contributed by atoms with E-state index in [4.69, 9.17) is 52.1 Å². The summed E-state index contributed by atoms with van der Waals surface area (Å²) in [5.41, 5.74) is -4.21. The summed E-state index contributed by atoms with van der Waals surface area (Å²) in [5, 5.41) is 168. The molecule has 5 aliphatic heterocycles. The second kappa shape index (κ2) is 26.4. The van der Waals surface area contributed by atoms with Crippen LogP contribution in [0.5, 0.6) is 0 Å². The van der Waals surface area contributed by atoms with Gasteiger partial charge in [0.1, 0.15) is 90.9 Å². The maximum atomic E-state index is 15.8. The topological polar surface area (TPSA) is 439 Å². The highest BCUT2D eigenvalue weighted by Gasteiger charge is 2.73. The van der Waals surface area contributed by atoms with E-state index in [0.29, 0.717) is 32.1 Å². The molecule has 91 heavy (non-hydrogen) atoms. The van der Waals surface area contributed by atoms with Gasteiger partial charge in [0.25, 0.3) is 0 Å². The highest BCUT2D eigenvalue weighted by molar-refractivity contribution is 5.82. The van der Waals surface area contributed by atoms with Crippen molar-refractivity contribution in [2.24, 2.45) is 50.2 Å². The Bertz CT molecular complexity index is 2630. The molecule has 15 N–H and O–H groups in total. The number of ether oxygens (including phenoxy) is 11. The number of hydrogen-bond acceptors (Lipinski definition) is 28. The number of allylic oxidation sites excluding steroid dienone is 3. The fourth-order valence-corrected chi connectivity index (χ4v) is 18.3. The lowest BCUT2D eigenvalue weighted by atomic mass is 9.33. The van der Waals surface area contributed by atoms with E-state index in [1.54, 1.807) is 6.92 Å². The highest BCUT2D eigenvalue weighted by Crippen LogP contribution is 2.76. The van der Waals surface area contributed by atoms with Crippen LogP contribution in [0.25, 0.3) is 0 Å². The van der Waals surface area contributed by atoms with E-state index < -0.39 is 230 Å². The van der Waals surface area contributed by atoms with Crippen molar-refractivity contribution >= 4 is 11.9 Å². The minimum Gasteiger partial charge on any atom is -0.453 e. The van der Waals surface area contributed by atoms with Crippen molar-refractivity contribution < 1.29 is 138 Å². The molecule has 0 amide bonds. The van der Waals surface area contributed by atoms with Crippen molar-refractivity contribution in [2.45, 2.75) is 286 Å². The number of hydrogen-bond donors (Lipinski definition) is 15. The monoisotopic (exact) mass is 1300 g/mol. The van der Waals surface area contributed by atoms with E-state index in [-0.39, 0.29) is 36.5 Å². The Morgan fingerprint density at radius 2 is 1.16 bits per heavy atom. The van der Waals surface area contributed by atoms with Crippen LogP contribution in [-0.2, 0) is 61.7 Å². The SMILES string of the molecule is C/C=C/C(=O)O[C@H]1[C@@H](O)[C@@H](C)O[C@@H](OC(=O)[C@]23CCC(C)(C)C[C@H]2C2=CC[C@@H]4[C@@]5(C)C[C@H](O)[C@H](O[C@@H]6O[C@H](CO)[C@@H](O)[C@H](O)[C@H]6O)[C@@](C)(CO)[C@@H]5CC[C@@]4(C)[C@]2(C)C[C@H]3O)[C@@H]1O[C@@H]1O[C@@H](C)[C@H](O[C@@H]2OC[C@@H](O)[C@H](O[C@@H]3O[C@@H](C)[C@H](O)[C@@H](O)[C@H]3O)[C@H]2O)[C@@H](O)[C@H]1O. The molecule has 4 saturated carbocycles. The van der Waals surface area contributed by atoms with Crippen LogP contribution in [0.15, 0.2) is 23.8 Å². The Hall–Kier alpha value is -2.54. The first kappa shape index (κ1) is 71.2. The first-order valence-electron chi connectivity index (χ1n) is 32.3. The third-order valence-electron chi connectivity index (χ3n) is 23.7. The predicted octanol–water partition coefficient (Wildman–Crippen LogP) is -2.45. The molecule has 35 atom stereocenters. The molecule has 0 radical (unpaired) electrons. The van der Waals surface area contributed by atoms with Crippen molar-refractivity contribution in [1.29, 1.82) is 0 Å². The molecule has 0 unspecified atom stereocenters. The minimum absolute atomic E-state index is 0.0935. The van der Waals surface area contributed by atoms with E-state index in [2.05, 4.69) is 40.7 Å². The number of carbonyl (C=O) groups excluding carboxylic acids is 2. The van der Waals surface area contributed by atoms with Gasteiger partial charge in [-0.3, -0.25) is 4.79 Å². The molecule has 10 rings (SSSR count). The molecule has 0 aromatic carbocycles. The lowest BCUT2D eigenvalue weighted by molar-refractivity contribution is -0.380. The largest absolute Gasteiger partial charge is 0.453 e. The third-order valence-corrected chi connectivity index (χ3v) is 23.7. The number of esters is 2. The third kappa shape index (κ3) is 12.0. The van der Waals surface area contributed by atoms with Crippen LogP contribution in [0.2, 0.25) is 0 Å². The number of carbonyl (C=O) groups is 2. The minimum atomic E-state index is -2.04. The molecular weight excluding hydrogens is 1200 g/mol. The van der Waals surface area contributed by atoms with E-state index >= 15 is 4.79 Å². The summed E-state index contributed by atoms with van der Waals surface area (Å²) in [6.45, 7) is 16.7. The molecule has 0 bridgehead atoms. The van der Waals surface area contributed by atoms with Gasteiger partial charge < -0.3 is 129 Å². The molecule has 5 saturated heterocycles. The van der Waals surface area contributed by atoms with E-state index in [9.17, 15) is 81.4 Å². The van der Waals surface area contributed by atoms with Crippen LogP contribution in [0.1, 0.15) is 121 Å². The molecule has 520 valence electrons. The summed E-state index contributed by atoms with van der Waals surface area (Å²) in [5.74, 6) is -2.89. The molecule has 0 aromatic heterocycles. The fourth-order valence-electron chi connectivity index (χ4n) is 18.3. The quantitative estimate of drug-likeness (QED) is 0.0372. The molecule has 28 nitrogen and oxygen atoms in total. The van der Waals surface area contributed by atoms with Gasteiger partial charge in [0.15, 0.2) is 37.4 Å². The Morgan fingerprint density at radius 3 is 1.81 bits per heavy atom. The van der Waals surface area contributed by atoms with Gasteiger partial charge in [-0.05, 0) is 118 Å². The summed E-state index contributed by atoms with van der Waals surface area (Å²) < 4.78 is 66.0. The van der Waals surface area contributed by atoms with E-state index in [1.807, 2.05) is 6.92 Å². The molecular formula is C63H100O28. The Balaban J connectivity index is 0.902. The lowest BCUT2D eigenvalue weighted by Crippen LogP contribution is -2.70. The van der Waals surface area contributed by atoms with Crippen molar-refractivity contribution in [3.63, 3.8) is 0 Å². The van der Waals surface area contributed by atoms with Crippen LogP contribution in [0.3, 0.4) is 0 Å². The standard InChI is InChI=1S/C63H100O28/c1-11-12-36(69)86-49-38(71)26(3)83-56(50(49)89-54-45(78)42(75)47(27(4)84-54)87-52-46(79)48(31(67)23-81-52)88-53-43(76)40(73)37(70)25(2)82-53)91-57(80)63-18-17-58(5,6)19-29(63)28-13-14-34-59(7)20-30(66)51(90-55-44(77)41(74)39(72)32(22-64)85-55)60(8,24-65)33(59)15-16-61(34,9)62(28,10)21-35(63)68/h11-13,25-27,29-35,37-56,64-68,70-79H,14-24H2,1-10H3/b12-11+/t25-,26+,27-,29-,30-,31+,32+,33+,34+,35+,37-,38-,39+,40+,41-,42-,43+,44+,45+,46+,47-,48-,49-,50+,51-,52-,53-,54-,55-,56-,59-,60-,61+,62+,63+/m0/s1. The summed E-state index contributed by atoms with van der Waals surface area (Å²) in [4.78, 5) is 29.2. The molecule has 5 aliphatic carbocycles. The van der Waals surface area contributed by atoms with Gasteiger partial charge in [0.2, 0.25) is 6.29 Å². The Labute approximate surface area is 528 Å². The molecule has 9 fully saturated rings. The molecule has 0 aromatic rings. The van der Waals surface area contributed by atoms with Crippen LogP contribution in [0.4, 0.5) is 0 Å². The maximum absolute atomic E-state index is 15.8. The number of fused-ring (bicyclic) bond motifs is 7. The zero-order chi connectivity index (χ0) is 66.7. The van der Waals surface area contributed by atoms with E-state index in [1.165, 1.54) is 26.8 Å². The Morgan fingerprint density at radius 1 is 0.571 bits per heavy atom. The average Bonchev–Trinajstić information content (AvgIpc) is 0.671. The number of rotatable bonds is 14. The van der Waals surface area contributed by atoms with Crippen LogP contribution < -0.4 is 0 Å². The zero-order valence-corrected chi connectivity index (χ0v) is 53.3. The molecule has 5 heterocycles. The maximum Gasteiger partial charge on any atom is 0.330 e. The van der Waals surface area contributed by atoms with Crippen molar-refractivity contribution in [3.05, 3.63) is 23.8 Å². The number of aliphatic hydroxyl groups is 15. The smallest absolute Gasteiger partial charge is 0.330 e. The van der Waals surface area contributed by atoms with Gasteiger partial charge >= 0.3 is 11.9 Å². The van der Waals surface area contributed by atoms with Crippen LogP contribution in [0, 0.1) is 50.2 Å². The van der Waals surface area contributed by atoms with Crippen LogP contribution in [-0.4, -0.2) is 274 Å². The van der Waals surface area contributed by atoms with Gasteiger partial charge in [0.05, 0.1) is 56.4 Å². The Kier molecular flexibility index (Phi) is 20.6. The molecule has 0 spiro atoms. The van der Waals surface area contributed by atoms with Crippen molar-refractivity contribution in [3.8, 4) is 0 Å². The average molecular weight is 1310 g/mol. The first-order chi connectivity index (χ1) is 42.6. The first-order valence-corrected chi connectivity index (χ1v) is 32.3. The fraction of sp³-hybridized carbons (Fsp3) is 0.905. The van der Waals surface area contributed by atoms with E-state index in [0.717, 1.165) is 11.6 Å². The van der Waals surface area contributed by atoms with Gasteiger partial charge in [-0.15, -0.1) is 0 Å². The lowest BCUT2D eigenvalue weighted by Gasteiger charge is -2.72. The van der Waals surface area contributed by atoms with Gasteiger partial charge in [-0.25, -0.2) is 4.79 Å². The van der Waals surface area contributed by atoms with Crippen molar-refractivity contribution in [2.75, 3.05) is 19.8 Å². The summed E-state index contributed by atoms with van der Waals surface area (Å²) in [6.07, 6.45) is -35.0.